The number of rotatable bonds is 6. The maximum atomic E-state index is 11.7. The minimum absolute atomic E-state index is 0.105. The molecule has 2 aromatic heterocycles. The Bertz CT molecular complexity index is 635. The lowest BCUT2D eigenvalue weighted by molar-refractivity contribution is 0.0591. The van der Waals surface area contributed by atoms with Gasteiger partial charge in [0.1, 0.15) is 4.88 Å². The van der Waals surface area contributed by atoms with Crippen molar-refractivity contribution in [3.05, 3.63) is 33.0 Å². The van der Waals surface area contributed by atoms with Crippen LogP contribution in [0.1, 0.15) is 32.0 Å². The summed E-state index contributed by atoms with van der Waals surface area (Å²) in [4.78, 5) is 31.1. The zero-order valence-corrected chi connectivity index (χ0v) is 13.7. The summed E-state index contributed by atoms with van der Waals surface area (Å²) in [5.41, 5.74) is 0.105. The second kappa shape index (κ2) is 6.82. The molecular weight excluding hydrogens is 308 g/mol. The fraction of sp³-hybridized carbons (Fsp3) is 0.357. The molecule has 112 valence electrons. The van der Waals surface area contributed by atoms with Crippen molar-refractivity contribution < 1.29 is 14.3 Å². The van der Waals surface area contributed by atoms with Crippen LogP contribution in [0.25, 0.3) is 0 Å². The van der Waals surface area contributed by atoms with Crippen LogP contribution in [-0.2, 0) is 11.2 Å². The number of thiazole rings is 1. The molecule has 5 nitrogen and oxygen atoms in total. The molecule has 0 aliphatic heterocycles. The Hall–Kier alpha value is -1.73. The highest BCUT2D eigenvalue weighted by Crippen LogP contribution is 2.27. The molecule has 0 saturated heterocycles. The zero-order chi connectivity index (χ0) is 15.4. The predicted octanol–water partition coefficient (Wildman–Crippen LogP) is 2.87. The van der Waals surface area contributed by atoms with Gasteiger partial charge in [-0.15, -0.1) is 11.3 Å². The number of hydrogen-bond acceptors (Lipinski definition) is 7. The van der Waals surface area contributed by atoms with Gasteiger partial charge in [-0.05, 0) is 17.9 Å². The van der Waals surface area contributed by atoms with Gasteiger partial charge in [0.05, 0.1) is 7.11 Å². The predicted molar refractivity (Wildman–Crippen MR) is 84.8 cm³/mol. The van der Waals surface area contributed by atoms with E-state index in [1.54, 1.807) is 11.3 Å². The molecule has 0 aliphatic rings. The fourth-order valence-corrected chi connectivity index (χ4v) is 3.41. The second-order valence-electron chi connectivity index (χ2n) is 4.47. The lowest BCUT2D eigenvalue weighted by atomic mass is 10.3. The maximum Gasteiger partial charge on any atom is 0.358 e. The molecule has 2 aromatic rings. The third-order valence-corrected chi connectivity index (χ3v) is 5.12. The molecule has 0 aromatic carbocycles. The Kier molecular flexibility index (Phi) is 5.08. The summed E-state index contributed by atoms with van der Waals surface area (Å²) in [7, 11) is 3.18. The van der Waals surface area contributed by atoms with E-state index in [1.807, 2.05) is 23.4 Å². The number of ketones is 1. The maximum absolute atomic E-state index is 11.7. The molecule has 0 radical (unpaired) electrons. The van der Waals surface area contributed by atoms with Crippen molar-refractivity contribution in [2.45, 2.75) is 13.3 Å². The van der Waals surface area contributed by atoms with Gasteiger partial charge in [0.25, 0.3) is 0 Å². The Labute approximate surface area is 131 Å². The van der Waals surface area contributed by atoms with Crippen molar-refractivity contribution in [1.29, 1.82) is 0 Å². The Morgan fingerprint density at radius 2 is 2.19 bits per heavy atom. The highest BCUT2D eigenvalue weighted by molar-refractivity contribution is 7.17. The zero-order valence-electron chi connectivity index (χ0n) is 12.1. The van der Waals surface area contributed by atoms with Gasteiger partial charge in [0, 0.05) is 25.4 Å². The smallest absolute Gasteiger partial charge is 0.358 e. The lowest BCUT2D eigenvalue weighted by Crippen LogP contribution is -2.20. The van der Waals surface area contributed by atoms with Gasteiger partial charge >= 0.3 is 5.97 Å². The van der Waals surface area contributed by atoms with Crippen LogP contribution in [0.2, 0.25) is 0 Å². The topological polar surface area (TPSA) is 59.5 Å². The minimum atomic E-state index is -0.575. The molecule has 2 heterocycles. The highest BCUT2D eigenvalue weighted by Gasteiger charge is 2.23. The number of esters is 1. The summed E-state index contributed by atoms with van der Waals surface area (Å²) in [6.07, 6.45) is 0.900. The summed E-state index contributed by atoms with van der Waals surface area (Å²) in [6.45, 7) is 2.20. The van der Waals surface area contributed by atoms with E-state index in [-0.39, 0.29) is 11.5 Å². The number of carbonyl (C=O) groups excluding carboxylic acids is 2. The number of methoxy groups -OCH3 is 1. The number of ether oxygens (including phenoxy) is 1. The third-order valence-electron chi connectivity index (χ3n) is 2.91. The number of aromatic nitrogens is 1. The van der Waals surface area contributed by atoms with Crippen molar-refractivity contribution >= 4 is 39.6 Å². The molecule has 7 heteroatoms. The van der Waals surface area contributed by atoms with Crippen LogP contribution < -0.4 is 4.90 Å². The third kappa shape index (κ3) is 3.68. The van der Waals surface area contributed by atoms with Crippen molar-refractivity contribution in [3.8, 4) is 0 Å². The summed E-state index contributed by atoms with van der Waals surface area (Å²) in [5, 5.41) is 2.69. The van der Waals surface area contributed by atoms with E-state index >= 15 is 0 Å². The molecular formula is C14H16N2O3S2. The Morgan fingerprint density at radius 1 is 1.43 bits per heavy atom. The monoisotopic (exact) mass is 324 g/mol. The lowest BCUT2D eigenvalue weighted by Gasteiger charge is -2.14. The number of hydrogen-bond donors (Lipinski definition) is 0. The van der Waals surface area contributed by atoms with Crippen molar-refractivity contribution in [2.24, 2.45) is 0 Å². The van der Waals surface area contributed by atoms with Gasteiger partial charge in [0.15, 0.2) is 16.6 Å². The fourth-order valence-electron chi connectivity index (χ4n) is 1.77. The SMILES string of the molecule is COC(=O)c1nc(N(C)CCc2cccs2)sc1C(C)=O. The highest BCUT2D eigenvalue weighted by atomic mass is 32.1. The van der Waals surface area contributed by atoms with E-state index < -0.39 is 5.97 Å². The van der Waals surface area contributed by atoms with Gasteiger partial charge in [-0.2, -0.15) is 0 Å². The van der Waals surface area contributed by atoms with Gasteiger partial charge in [-0.25, -0.2) is 9.78 Å². The summed E-state index contributed by atoms with van der Waals surface area (Å²) < 4.78 is 4.68. The minimum Gasteiger partial charge on any atom is -0.464 e. The number of nitrogens with zero attached hydrogens (tertiary/aromatic N) is 2. The van der Waals surface area contributed by atoms with E-state index in [0.717, 1.165) is 13.0 Å². The van der Waals surface area contributed by atoms with Crippen molar-refractivity contribution in [2.75, 3.05) is 25.6 Å². The van der Waals surface area contributed by atoms with Crippen LogP contribution in [0, 0.1) is 0 Å². The van der Waals surface area contributed by atoms with Crippen LogP contribution in [0.15, 0.2) is 17.5 Å². The van der Waals surface area contributed by atoms with Crippen LogP contribution in [0.5, 0.6) is 0 Å². The number of likely N-dealkylation sites (N-methyl/N-ethyl adjacent to an activating group) is 1. The molecule has 21 heavy (non-hydrogen) atoms. The van der Waals surface area contributed by atoms with Gasteiger partial charge in [-0.3, -0.25) is 4.79 Å². The number of thiophene rings is 1. The van der Waals surface area contributed by atoms with Crippen LogP contribution in [0.3, 0.4) is 0 Å². The molecule has 0 aliphatic carbocycles. The Morgan fingerprint density at radius 3 is 2.76 bits per heavy atom. The number of Topliss-reactive ketones (excluding diaryl/α,β-unsaturated/α-hetero) is 1. The molecule has 0 spiro atoms. The van der Waals surface area contributed by atoms with E-state index in [0.29, 0.717) is 10.0 Å². The summed E-state index contributed by atoms with van der Waals surface area (Å²) in [5.74, 6) is -0.750. The summed E-state index contributed by atoms with van der Waals surface area (Å²) >= 11 is 2.93. The standard InChI is InChI=1S/C14H16N2O3S2/c1-9(17)12-11(13(18)19-3)15-14(21-12)16(2)7-6-10-5-4-8-20-10/h4-5,8H,6-7H2,1-3H3. The molecule has 0 atom stereocenters. The van der Waals surface area contributed by atoms with Gasteiger partial charge in [-0.1, -0.05) is 17.4 Å². The normalized spacial score (nSPS) is 10.4. The quantitative estimate of drug-likeness (QED) is 0.604. The van der Waals surface area contributed by atoms with Gasteiger partial charge < -0.3 is 9.64 Å². The van der Waals surface area contributed by atoms with E-state index in [4.69, 9.17) is 0 Å². The molecule has 2 rings (SSSR count). The Balaban J connectivity index is 2.15. The largest absolute Gasteiger partial charge is 0.464 e. The number of anilines is 1. The van der Waals surface area contributed by atoms with E-state index in [2.05, 4.69) is 15.8 Å². The first-order valence-corrected chi connectivity index (χ1v) is 8.06. The average molecular weight is 324 g/mol. The average Bonchev–Trinajstić information content (AvgIpc) is 3.12. The van der Waals surface area contributed by atoms with Crippen LogP contribution >= 0.6 is 22.7 Å². The first-order valence-electron chi connectivity index (χ1n) is 6.36. The van der Waals surface area contributed by atoms with Gasteiger partial charge in [0.2, 0.25) is 0 Å². The second-order valence-corrected chi connectivity index (χ2v) is 6.48. The van der Waals surface area contributed by atoms with E-state index in [9.17, 15) is 9.59 Å². The van der Waals surface area contributed by atoms with Crippen LogP contribution in [-0.4, -0.2) is 37.4 Å². The molecule has 0 fully saturated rings. The molecule has 0 N–H and O–H groups in total. The van der Waals surface area contributed by atoms with Crippen molar-refractivity contribution in [1.82, 2.24) is 4.98 Å². The van der Waals surface area contributed by atoms with Crippen LogP contribution in [0.4, 0.5) is 5.13 Å². The van der Waals surface area contributed by atoms with E-state index in [1.165, 1.54) is 30.2 Å². The molecule has 0 unspecified atom stereocenters. The number of carbonyl (C=O) groups is 2. The molecule has 0 saturated carbocycles. The first kappa shape index (κ1) is 15.7. The van der Waals surface area contributed by atoms with Crippen molar-refractivity contribution in [3.63, 3.8) is 0 Å². The molecule has 0 bridgehead atoms. The first-order chi connectivity index (χ1) is 10.0. The molecule has 0 amide bonds. The summed E-state index contributed by atoms with van der Waals surface area (Å²) in [6, 6.07) is 4.11.